The average Bonchev–Trinajstić information content (AvgIpc) is 3.17. The molecule has 0 spiro atoms. The monoisotopic (exact) mass is 368 g/mol. The van der Waals surface area contributed by atoms with Crippen molar-refractivity contribution in [1.29, 1.82) is 5.26 Å². The van der Waals surface area contributed by atoms with Gasteiger partial charge in [0.2, 0.25) is 0 Å². The summed E-state index contributed by atoms with van der Waals surface area (Å²) in [7, 11) is 0. The molecule has 1 aromatic heterocycles. The quantitative estimate of drug-likeness (QED) is 0.423. The summed E-state index contributed by atoms with van der Waals surface area (Å²) in [6.07, 6.45) is 2.09. The van der Waals surface area contributed by atoms with E-state index in [2.05, 4.69) is 47.2 Å². The van der Waals surface area contributed by atoms with E-state index in [-0.39, 0.29) is 0 Å². The van der Waals surface area contributed by atoms with E-state index in [1.165, 1.54) is 11.1 Å². The van der Waals surface area contributed by atoms with Crippen molar-refractivity contribution in [2.24, 2.45) is 0 Å². The van der Waals surface area contributed by atoms with E-state index in [0.29, 0.717) is 12.2 Å². The highest BCUT2D eigenvalue weighted by atomic mass is 16.5. The molecule has 0 fully saturated rings. The van der Waals surface area contributed by atoms with Crippen LogP contribution in [0, 0.1) is 11.3 Å². The van der Waals surface area contributed by atoms with Crippen molar-refractivity contribution >= 4 is 10.9 Å². The van der Waals surface area contributed by atoms with E-state index in [0.717, 1.165) is 23.2 Å². The molecule has 0 N–H and O–H groups in total. The van der Waals surface area contributed by atoms with E-state index in [9.17, 15) is 0 Å². The highest BCUT2D eigenvalue weighted by Crippen LogP contribution is 2.23. The minimum atomic E-state index is 0.568. The van der Waals surface area contributed by atoms with Gasteiger partial charge in [-0.2, -0.15) is 5.26 Å². The summed E-state index contributed by atoms with van der Waals surface area (Å²) >= 11 is 0. The molecule has 0 radical (unpaired) electrons. The molecule has 4 rings (SSSR count). The zero-order valence-electron chi connectivity index (χ0n) is 16.3. The van der Waals surface area contributed by atoms with Gasteiger partial charge in [0, 0.05) is 23.6 Å². The Morgan fingerprint density at radius 3 is 2.32 bits per heavy atom. The van der Waals surface area contributed by atoms with E-state index in [1.807, 2.05) is 62.4 Å². The Balaban J connectivity index is 0.00000109. The van der Waals surface area contributed by atoms with Gasteiger partial charge in [-0.15, -0.1) is 0 Å². The lowest BCUT2D eigenvalue weighted by Crippen LogP contribution is -1.98. The molecule has 0 saturated heterocycles. The van der Waals surface area contributed by atoms with Gasteiger partial charge in [-0.1, -0.05) is 56.3 Å². The Morgan fingerprint density at radius 1 is 0.857 bits per heavy atom. The Labute approximate surface area is 166 Å². The molecule has 0 atom stereocenters. The fraction of sp³-hybridized carbons (Fsp3) is 0.160. The molecule has 0 aliphatic heterocycles. The van der Waals surface area contributed by atoms with Crippen molar-refractivity contribution in [2.45, 2.75) is 27.0 Å². The van der Waals surface area contributed by atoms with Crippen LogP contribution in [0.5, 0.6) is 5.75 Å². The normalized spacial score (nSPS) is 10.0. The molecule has 0 unspecified atom stereocenters. The zero-order chi connectivity index (χ0) is 19.8. The van der Waals surface area contributed by atoms with Crippen molar-refractivity contribution in [1.82, 2.24) is 4.57 Å². The van der Waals surface area contributed by atoms with Crippen LogP contribution in [0.15, 0.2) is 85.1 Å². The van der Waals surface area contributed by atoms with Gasteiger partial charge < -0.3 is 9.30 Å². The summed E-state index contributed by atoms with van der Waals surface area (Å²) < 4.78 is 8.12. The van der Waals surface area contributed by atoms with Gasteiger partial charge in [-0.25, -0.2) is 0 Å². The van der Waals surface area contributed by atoms with Gasteiger partial charge in [0.15, 0.2) is 0 Å². The van der Waals surface area contributed by atoms with E-state index < -0.39 is 0 Å². The molecule has 3 nitrogen and oxygen atoms in total. The van der Waals surface area contributed by atoms with Gasteiger partial charge in [0.25, 0.3) is 0 Å². The van der Waals surface area contributed by atoms with Crippen LogP contribution in [0.2, 0.25) is 0 Å². The summed E-state index contributed by atoms with van der Waals surface area (Å²) in [5, 5.41) is 10.1. The van der Waals surface area contributed by atoms with Gasteiger partial charge in [-0.05, 0) is 47.5 Å². The average molecular weight is 368 g/mol. The topological polar surface area (TPSA) is 38.0 Å². The fourth-order valence-electron chi connectivity index (χ4n) is 3.03. The Morgan fingerprint density at radius 2 is 1.61 bits per heavy atom. The number of hydrogen-bond donors (Lipinski definition) is 0. The summed E-state index contributed by atoms with van der Waals surface area (Å²) in [6.45, 7) is 5.34. The van der Waals surface area contributed by atoms with Gasteiger partial charge >= 0.3 is 0 Å². The van der Waals surface area contributed by atoms with Crippen molar-refractivity contribution in [2.75, 3.05) is 0 Å². The highest BCUT2D eigenvalue weighted by molar-refractivity contribution is 5.81. The smallest absolute Gasteiger partial charge is 0.120 e. The highest BCUT2D eigenvalue weighted by Gasteiger charge is 2.04. The minimum absolute atomic E-state index is 0.568. The number of nitrogens with zero attached hydrogens (tertiary/aromatic N) is 2. The second kappa shape index (κ2) is 9.43. The third-order valence-electron chi connectivity index (χ3n) is 4.43. The minimum Gasteiger partial charge on any atom is -0.489 e. The van der Waals surface area contributed by atoms with Gasteiger partial charge in [0.05, 0.1) is 11.6 Å². The van der Waals surface area contributed by atoms with Gasteiger partial charge in [-0.3, -0.25) is 0 Å². The molecular formula is C25H24N2O. The van der Waals surface area contributed by atoms with Crippen LogP contribution in [0.25, 0.3) is 10.9 Å². The summed E-state index contributed by atoms with van der Waals surface area (Å²) in [5.74, 6) is 0.873. The molecule has 140 valence electrons. The standard InChI is InChI=1S/C23H18N2O.C2H6/c24-15-18-6-8-19(9-7-18)16-25-13-12-21-14-22(10-11-23(21)25)26-17-20-4-2-1-3-5-20;1-2/h1-14H,16-17H2;1-2H3. The molecule has 0 aliphatic carbocycles. The van der Waals surface area contributed by atoms with E-state index in [1.54, 1.807) is 0 Å². The van der Waals surface area contributed by atoms with Crippen LogP contribution >= 0.6 is 0 Å². The number of hydrogen-bond acceptors (Lipinski definition) is 2. The third-order valence-corrected chi connectivity index (χ3v) is 4.43. The molecule has 0 saturated carbocycles. The van der Waals surface area contributed by atoms with Gasteiger partial charge in [0.1, 0.15) is 12.4 Å². The van der Waals surface area contributed by atoms with Crippen LogP contribution in [-0.4, -0.2) is 4.57 Å². The van der Waals surface area contributed by atoms with Crippen molar-refractivity contribution < 1.29 is 4.74 Å². The number of fused-ring (bicyclic) bond motifs is 1. The first-order valence-electron chi connectivity index (χ1n) is 9.56. The number of aromatic nitrogens is 1. The first-order chi connectivity index (χ1) is 13.8. The summed E-state index contributed by atoms with van der Waals surface area (Å²) in [4.78, 5) is 0. The lowest BCUT2D eigenvalue weighted by Gasteiger charge is -2.08. The maximum absolute atomic E-state index is 8.90. The Kier molecular flexibility index (Phi) is 6.49. The van der Waals surface area contributed by atoms with Crippen molar-refractivity contribution in [3.05, 3.63) is 102 Å². The summed E-state index contributed by atoms with van der Waals surface area (Å²) in [5.41, 5.74) is 4.18. The predicted molar refractivity (Wildman–Crippen MR) is 114 cm³/mol. The Hall–Kier alpha value is -3.51. The van der Waals surface area contributed by atoms with Crippen LogP contribution in [0.1, 0.15) is 30.5 Å². The van der Waals surface area contributed by atoms with Crippen molar-refractivity contribution in [3.63, 3.8) is 0 Å². The second-order valence-corrected chi connectivity index (χ2v) is 6.25. The first-order valence-corrected chi connectivity index (χ1v) is 9.56. The lowest BCUT2D eigenvalue weighted by atomic mass is 10.1. The number of ether oxygens (including phenoxy) is 1. The second-order valence-electron chi connectivity index (χ2n) is 6.25. The zero-order valence-corrected chi connectivity index (χ0v) is 16.3. The molecule has 0 bridgehead atoms. The van der Waals surface area contributed by atoms with Crippen LogP contribution in [-0.2, 0) is 13.2 Å². The third kappa shape index (κ3) is 4.61. The molecule has 0 aliphatic rings. The lowest BCUT2D eigenvalue weighted by molar-refractivity contribution is 0.306. The SMILES string of the molecule is CC.N#Cc1ccc(Cn2ccc3cc(OCc4ccccc4)ccc32)cc1. The maximum atomic E-state index is 8.90. The summed E-state index contributed by atoms with van der Waals surface area (Å²) in [6, 6.07) is 28.3. The number of rotatable bonds is 5. The molecule has 3 aromatic carbocycles. The first kappa shape index (κ1) is 19.3. The van der Waals surface area contributed by atoms with Crippen molar-refractivity contribution in [3.8, 4) is 11.8 Å². The maximum Gasteiger partial charge on any atom is 0.120 e. The molecule has 28 heavy (non-hydrogen) atoms. The van der Waals surface area contributed by atoms with Crippen LogP contribution in [0.3, 0.4) is 0 Å². The molecule has 3 heteroatoms. The largest absolute Gasteiger partial charge is 0.489 e. The number of nitriles is 1. The molecule has 4 aromatic rings. The predicted octanol–water partition coefficient (Wildman–Crippen LogP) is 6.17. The fourth-order valence-corrected chi connectivity index (χ4v) is 3.03. The van der Waals surface area contributed by atoms with E-state index >= 15 is 0 Å². The van der Waals surface area contributed by atoms with E-state index in [4.69, 9.17) is 10.00 Å². The van der Waals surface area contributed by atoms with Crippen LogP contribution in [0.4, 0.5) is 0 Å². The Bertz CT molecular complexity index is 1060. The van der Waals surface area contributed by atoms with Crippen LogP contribution < -0.4 is 4.74 Å². The molecule has 1 heterocycles. The number of benzene rings is 3. The molecular weight excluding hydrogens is 344 g/mol. The molecule has 0 amide bonds.